The van der Waals surface area contributed by atoms with E-state index in [-0.39, 0.29) is 5.91 Å². The van der Waals surface area contributed by atoms with E-state index in [4.69, 9.17) is 17.3 Å². The third-order valence-electron chi connectivity index (χ3n) is 2.73. The number of thiophene rings is 1. The molecule has 2 heterocycles. The predicted octanol–water partition coefficient (Wildman–Crippen LogP) is 3.72. The van der Waals surface area contributed by atoms with Gasteiger partial charge in [-0.1, -0.05) is 11.6 Å². The summed E-state index contributed by atoms with van der Waals surface area (Å²) in [7, 11) is 0. The number of hydrogen-bond acceptors (Lipinski definition) is 3. The van der Waals surface area contributed by atoms with Crippen LogP contribution in [0.15, 0.2) is 35.7 Å². The zero-order valence-corrected chi connectivity index (χ0v) is 11.3. The van der Waals surface area contributed by atoms with E-state index in [0.717, 1.165) is 10.2 Å². The third-order valence-corrected chi connectivity index (χ3v) is 3.90. The number of halogens is 1. The molecule has 4 nitrogen and oxygen atoms in total. The minimum atomic E-state index is -0.227. The van der Waals surface area contributed by atoms with Gasteiger partial charge in [0.25, 0.3) is 5.91 Å². The van der Waals surface area contributed by atoms with Crippen molar-refractivity contribution in [1.82, 2.24) is 4.98 Å². The topological polar surface area (TPSA) is 70.9 Å². The first-order valence-electron chi connectivity index (χ1n) is 5.56. The summed E-state index contributed by atoms with van der Waals surface area (Å²) in [6, 6.07) is 8.73. The highest BCUT2D eigenvalue weighted by Gasteiger charge is 2.12. The van der Waals surface area contributed by atoms with Crippen molar-refractivity contribution in [3.63, 3.8) is 0 Å². The second-order valence-corrected chi connectivity index (χ2v) is 5.43. The highest BCUT2D eigenvalue weighted by molar-refractivity contribution is 7.17. The summed E-state index contributed by atoms with van der Waals surface area (Å²) in [5.74, 6) is -0.227. The Morgan fingerprint density at radius 2 is 2.16 bits per heavy atom. The highest BCUT2D eigenvalue weighted by atomic mass is 35.5. The number of carbonyl (C=O) groups is 1. The van der Waals surface area contributed by atoms with Crippen molar-refractivity contribution in [3.05, 3.63) is 46.4 Å². The van der Waals surface area contributed by atoms with Gasteiger partial charge in [-0.25, -0.2) is 0 Å². The maximum Gasteiger partial charge on any atom is 0.272 e. The Balaban J connectivity index is 1.86. The van der Waals surface area contributed by atoms with Gasteiger partial charge in [0.05, 0.1) is 20.9 Å². The number of benzene rings is 1. The maximum atomic E-state index is 12.1. The van der Waals surface area contributed by atoms with Crippen LogP contribution in [-0.2, 0) is 0 Å². The van der Waals surface area contributed by atoms with E-state index in [1.54, 1.807) is 29.5 Å². The van der Waals surface area contributed by atoms with E-state index < -0.39 is 0 Å². The highest BCUT2D eigenvalue weighted by Crippen LogP contribution is 2.26. The van der Waals surface area contributed by atoms with Crippen LogP contribution in [0.25, 0.3) is 10.2 Å². The summed E-state index contributed by atoms with van der Waals surface area (Å²) >= 11 is 7.60. The van der Waals surface area contributed by atoms with Crippen LogP contribution in [0.5, 0.6) is 0 Å². The summed E-state index contributed by atoms with van der Waals surface area (Å²) in [4.78, 5) is 15.1. The van der Waals surface area contributed by atoms with Crippen LogP contribution < -0.4 is 11.1 Å². The van der Waals surface area contributed by atoms with Gasteiger partial charge in [-0.3, -0.25) is 4.79 Å². The molecule has 0 saturated heterocycles. The summed E-state index contributed by atoms with van der Waals surface area (Å²) in [5.41, 5.74) is 8.17. The van der Waals surface area contributed by atoms with E-state index in [2.05, 4.69) is 10.3 Å². The normalized spacial score (nSPS) is 10.8. The van der Waals surface area contributed by atoms with Gasteiger partial charge in [0.1, 0.15) is 5.69 Å². The van der Waals surface area contributed by atoms with Crippen LogP contribution >= 0.6 is 22.9 Å². The second kappa shape index (κ2) is 4.60. The van der Waals surface area contributed by atoms with Gasteiger partial charge >= 0.3 is 0 Å². The Morgan fingerprint density at radius 1 is 1.32 bits per heavy atom. The molecule has 4 N–H and O–H groups in total. The van der Waals surface area contributed by atoms with E-state index in [9.17, 15) is 4.79 Å². The largest absolute Gasteiger partial charge is 0.399 e. The number of hydrogen-bond donors (Lipinski definition) is 3. The number of nitrogens with two attached hydrogens (primary N) is 1. The fourth-order valence-corrected chi connectivity index (χ4v) is 2.81. The van der Waals surface area contributed by atoms with E-state index in [1.165, 1.54) is 0 Å². The van der Waals surface area contributed by atoms with Crippen molar-refractivity contribution in [2.45, 2.75) is 0 Å². The molecule has 0 bridgehead atoms. The first kappa shape index (κ1) is 12.1. The lowest BCUT2D eigenvalue weighted by Gasteiger charge is -2.06. The number of carbonyl (C=O) groups excluding carboxylic acids is 1. The number of aromatic amines is 1. The summed E-state index contributed by atoms with van der Waals surface area (Å²) in [5, 5.41) is 5.14. The number of nitrogens with one attached hydrogen (secondary N) is 2. The molecule has 0 atom stereocenters. The lowest BCUT2D eigenvalue weighted by atomic mass is 10.2. The van der Waals surface area contributed by atoms with Crippen LogP contribution in [0.2, 0.25) is 5.02 Å². The number of nitrogen functional groups attached to an aromatic ring is 1. The first-order valence-corrected chi connectivity index (χ1v) is 6.82. The van der Waals surface area contributed by atoms with Gasteiger partial charge in [0.15, 0.2) is 0 Å². The van der Waals surface area contributed by atoms with Crippen molar-refractivity contribution >= 4 is 50.4 Å². The lowest BCUT2D eigenvalue weighted by molar-refractivity contribution is 0.102. The monoisotopic (exact) mass is 291 g/mol. The lowest BCUT2D eigenvalue weighted by Crippen LogP contribution is -2.12. The molecule has 0 spiro atoms. The molecule has 96 valence electrons. The summed E-state index contributed by atoms with van der Waals surface area (Å²) in [6.45, 7) is 0. The number of rotatable bonds is 2. The molecule has 6 heteroatoms. The van der Waals surface area contributed by atoms with Crippen molar-refractivity contribution in [1.29, 1.82) is 0 Å². The number of aromatic nitrogens is 1. The Labute approximate surface area is 118 Å². The molecule has 0 aliphatic rings. The molecule has 3 aromatic rings. The molecule has 1 aromatic carbocycles. The number of fused-ring (bicyclic) bond motifs is 1. The van der Waals surface area contributed by atoms with E-state index >= 15 is 0 Å². The fraction of sp³-hybridized carbons (Fsp3) is 0. The van der Waals surface area contributed by atoms with Gasteiger partial charge in [0.2, 0.25) is 0 Å². The standard InChI is InChI=1S/C13H10ClN3OS/c14-8-5-7(15)1-2-9(8)17-13(18)11-6-12-10(16-11)3-4-19-12/h1-6,16H,15H2,(H,17,18). The van der Waals surface area contributed by atoms with Gasteiger partial charge in [-0.2, -0.15) is 0 Å². The molecule has 0 unspecified atom stereocenters. The minimum Gasteiger partial charge on any atom is -0.399 e. The number of anilines is 2. The molecule has 1 amide bonds. The van der Waals surface area contributed by atoms with Crippen LogP contribution in [0.4, 0.5) is 11.4 Å². The molecular formula is C13H10ClN3OS. The Hall–Kier alpha value is -1.98. The predicted molar refractivity (Wildman–Crippen MR) is 80.0 cm³/mol. The number of amides is 1. The zero-order valence-electron chi connectivity index (χ0n) is 9.74. The molecule has 19 heavy (non-hydrogen) atoms. The molecule has 0 aliphatic carbocycles. The van der Waals surface area contributed by atoms with E-state index in [1.807, 2.05) is 17.5 Å². The number of H-pyrrole nitrogens is 1. The second-order valence-electron chi connectivity index (χ2n) is 4.07. The quantitative estimate of drug-likeness (QED) is 0.630. The smallest absolute Gasteiger partial charge is 0.272 e. The molecule has 2 aromatic heterocycles. The van der Waals surface area contributed by atoms with Crippen molar-refractivity contribution in [2.24, 2.45) is 0 Å². The summed E-state index contributed by atoms with van der Waals surface area (Å²) < 4.78 is 1.05. The average molecular weight is 292 g/mol. The Kier molecular flexibility index (Phi) is 2.93. The maximum absolute atomic E-state index is 12.1. The molecule has 3 rings (SSSR count). The third kappa shape index (κ3) is 2.30. The average Bonchev–Trinajstić information content (AvgIpc) is 2.93. The van der Waals surface area contributed by atoms with Crippen LogP contribution in [-0.4, -0.2) is 10.9 Å². The fourth-order valence-electron chi connectivity index (χ4n) is 1.79. The SMILES string of the molecule is Nc1ccc(NC(=O)c2cc3sccc3[nH]2)c(Cl)c1. The Bertz CT molecular complexity index is 734. The van der Waals surface area contributed by atoms with Crippen LogP contribution in [0.1, 0.15) is 10.5 Å². The Morgan fingerprint density at radius 3 is 2.89 bits per heavy atom. The van der Waals surface area contributed by atoms with Crippen LogP contribution in [0, 0.1) is 0 Å². The van der Waals surface area contributed by atoms with Gasteiger partial charge < -0.3 is 16.0 Å². The van der Waals surface area contributed by atoms with Crippen molar-refractivity contribution in [3.8, 4) is 0 Å². The molecule has 0 aliphatic heterocycles. The zero-order chi connectivity index (χ0) is 13.4. The summed E-state index contributed by atoms with van der Waals surface area (Å²) in [6.07, 6.45) is 0. The molecule has 0 radical (unpaired) electrons. The van der Waals surface area contributed by atoms with Gasteiger partial charge in [0, 0.05) is 5.69 Å². The minimum absolute atomic E-state index is 0.227. The van der Waals surface area contributed by atoms with Gasteiger partial charge in [-0.05, 0) is 35.7 Å². The molecule has 0 saturated carbocycles. The van der Waals surface area contributed by atoms with Crippen molar-refractivity contribution < 1.29 is 4.79 Å². The van der Waals surface area contributed by atoms with E-state index in [0.29, 0.717) is 22.1 Å². The molecule has 0 fully saturated rings. The van der Waals surface area contributed by atoms with Gasteiger partial charge in [-0.15, -0.1) is 11.3 Å². The first-order chi connectivity index (χ1) is 9.13. The van der Waals surface area contributed by atoms with Crippen LogP contribution in [0.3, 0.4) is 0 Å². The molecular weight excluding hydrogens is 282 g/mol. The van der Waals surface area contributed by atoms with Crippen molar-refractivity contribution in [2.75, 3.05) is 11.1 Å².